The minimum atomic E-state index is -0.371. The Balaban J connectivity index is 1.69. The Morgan fingerprint density at radius 3 is 2.18 bits per heavy atom. The zero-order valence-electron chi connectivity index (χ0n) is 14.9. The number of aromatic nitrogens is 2. The van der Waals surface area contributed by atoms with Crippen molar-refractivity contribution in [1.29, 1.82) is 0 Å². The summed E-state index contributed by atoms with van der Waals surface area (Å²) in [4.78, 5) is 31.6. The van der Waals surface area contributed by atoms with E-state index in [1.54, 1.807) is 48.5 Å². The molecule has 0 aliphatic carbocycles. The van der Waals surface area contributed by atoms with Crippen molar-refractivity contribution in [3.63, 3.8) is 0 Å². The van der Waals surface area contributed by atoms with E-state index in [2.05, 4.69) is 26.1 Å². The molecule has 3 rings (SSSR count). The summed E-state index contributed by atoms with van der Waals surface area (Å²) in [5.41, 5.74) is 13.2. The van der Waals surface area contributed by atoms with Gasteiger partial charge in [-0.3, -0.25) is 20.4 Å². The second-order valence-corrected chi connectivity index (χ2v) is 6.27. The zero-order valence-corrected chi connectivity index (χ0v) is 15.6. The van der Waals surface area contributed by atoms with Crippen LogP contribution in [0.4, 0.5) is 23.0 Å². The Kier molecular flexibility index (Phi) is 5.71. The SMILES string of the molecule is CC(=O)c1ccc(Nc2ncnc(NNC(=O)c3ccc(Cl)cc3)c2N)cc1. The number of nitrogens with one attached hydrogen (secondary N) is 3. The molecule has 0 bridgehead atoms. The summed E-state index contributed by atoms with van der Waals surface area (Å²) >= 11 is 5.81. The van der Waals surface area contributed by atoms with Gasteiger partial charge >= 0.3 is 0 Å². The number of ketones is 1. The van der Waals surface area contributed by atoms with Gasteiger partial charge in [0.15, 0.2) is 17.4 Å². The fourth-order valence-electron chi connectivity index (χ4n) is 2.31. The van der Waals surface area contributed by atoms with Gasteiger partial charge in [-0.15, -0.1) is 0 Å². The fraction of sp³-hybridized carbons (Fsp3) is 0.0526. The van der Waals surface area contributed by atoms with Crippen LogP contribution in [0.2, 0.25) is 5.02 Å². The summed E-state index contributed by atoms with van der Waals surface area (Å²) in [6.45, 7) is 1.50. The fourth-order valence-corrected chi connectivity index (χ4v) is 2.44. The molecule has 2 aromatic carbocycles. The predicted molar refractivity (Wildman–Crippen MR) is 109 cm³/mol. The van der Waals surface area contributed by atoms with Gasteiger partial charge < -0.3 is 11.1 Å². The maximum Gasteiger partial charge on any atom is 0.269 e. The monoisotopic (exact) mass is 396 g/mol. The molecule has 28 heavy (non-hydrogen) atoms. The number of amides is 1. The molecule has 0 aliphatic rings. The lowest BCUT2D eigenvalue weighted by molar-refractivity contribution is 0.0961. The van der Waals surface area contributed by atoms with Crippen molar-refractivity contribution in [2.75, 3.05) is 16.5 Å². The number of nitrogens with two attached hydrogens (primary N) is 1. The van der Waals surface area contributed by atoms with Crippen molar-refractivity contribution < 1.29 is 9.59 Å². The lowest BCUT2D eigenvalue weighted by Crippen LogP contribution is -2.30. The first-order valence-corrected chi connectivity index (χ1v) is 8.62. The molecule has 1 amide bonds. The highest BCUT2D eigenvalue weighted by molar-refractivity contribution is 6.30. The number of carbonyl (C=O) groups is 2. The number of nitrogens with zero attached hydrogens (tertiary/aromatic N) is 2. The maximum atomic E-state index is 12.2. The highest BCUT2D eigenvalue weighted by Crippen LogP contribution is 2.25. The summed E-state index contributed by atoms with van der Waals surface area (Å²) in [5, 5.41) is 3.59. The average Bonchev–Trinajstić information content (AvgIpc) is 2.69. The number of Topliss-reactive ketones (excluding diaryl/α,β-unsaturated/α-hetero) is 1. The second-order valence-electron chi connectivity index (χ2n) is 5.83. The van der Waals surface area contributed by atoms with Crippen molar-refractivity contribution in [2.45, 2.75) is 6.92 Å². The van der Waals surface area contributed by atoms with Crippen LogP contribution in [0.3, 0.4) is 0 Å². The van der Waals surface area contributed by atoms with Gasteiger partial charge in [0, 0.05) is 21.8 Å². The van der Waals surface area contributed by atoms with E-state index in [0.29, 0.717) is 27.7 Å². The third-order valence-corrected chi connectivity index (χ3v) is 4.09. The molecule has 0 radical (unpaired) electrons. The molecular formula is C19H17ClN6O2. The van der Waals surface area contributed by atoms with E-state index >= 15 is 0 Å². The van der Waals surface area contributed by atoms with Crippen LogP contribution in [0.15, 0.2) is 54.9 Å². The van der Waals surface area contributed by atoms with Gasteiger partial charge in [-0.1, -0.05) is 11.6 Å². The van der Waals surface area contributed by atoms with Crippen molar-refractivity contribution >= 4 is 46.3 Å². The van der Waals surface area contributed by atoms with Gasteiger partial charge in [-0.05, 0) is 55.5 Å². The van der Waals surface area contributed by atoms with E-state index in [4.69, 9.17) is 17.3 Å². The van der Waals surface area contributed by atoms with Crippen molar-refractivity contribution in [2.24, 2.45) is 0 Å². The number of hydrazine groups is 1. The van der Waals surface area contributed by atoms with E-state index in [1.807, 2.05) is 0 Å². The van der Waals surface area contributed by atoms with Crippen LogP contribution in [0.1, 0.15) is 27.6 Å². The normalized spacial score (nSPS) is 10.2. The van der Waals surface area contributed by atoms with E-state index in [0.717, 1.165) is 0 Å². The summed E-state index contributed by atoms with van der Waals surface area (Å²) in [6.07, 6.45) is 1.30. The third-order valence-electron chi connectivity index (χ3n) is 3.84. The van der Waals surface area contributed by atoms with E-state index < -0.39 is 0 Å². The zero-order chi connectivity index (χ0) is 20.1. The predicted octanol–water partition coefficient (Wildman–Crippen LogP) is 3.42. The number of carbonyl (C=O) groups excluding carboxylic acids is 2. The van der Waals surface area contributed by atoms with Gasteiger partial charge in [0.2, 0.25) is 0 Å². The molecule has 142 valence electrons. The topological polar surface area (TPSA) is 122 Å². The van der Waals surface area contributed by atoms with E-state index in [9.17, 15) is 9.59 Å². The first-order chi connectivity index (χ1) is 13.4. The minimum Gasteiger partial charge on any atom is -0.393 e. The molecular weight excluding hydrogens is 380 g/mol. The number of hydrogen-bond acceptors (Lipinski definition) is 7. The minimum absolute atomic E-state index is 0.0176. The molecule has 0 fully saturated rings. The van der Waals surface area contributed by atoms with E-state index in [-0.39, 0.29) is 23.2 Å². The Labute approximate surface area is 166 Å². The average molecular weight is 397 g/mol. The smallest absolute Gasteiger partial charge is 0.269 e. The molecule has 0 unspecified atom stereocenters. The first kappa shape index (κ1) is 19.1. The molecule has 8 nitrogen and oxygen atoms in total. The lowest BCUT2D eigenvalue weighted by Gasteiger charge is -2.13. The standard InChI is InChI=1S/C19H17ClN6O2/c1-11(27)12-4-8-15(9-5-12)24-17-16(21)18(23-10-22-17)25-26-19(28)13-2-6-14(20)7-3-13/h2-10H,21H2,1H3,(H,26,28)(H2,22,23,24,25). The van der Waals surface area contributed by atoms with Crippen molar-refractivity contribution in [1.82, 2.24) is 15.4 Å². The van der Waals surface area contributed by atoms with Gasteiger partial charge in [0.25, 0.3) is 5.91 Å². The van der Waals surface area contributed by atoms with Crippen LogP contribution in [0, 0.1) is 0 Å². The van der Waals surface area contributed by atoms with Crippen LogP contribution >= 0.6 is 11.6 Å². The molecule has 0 spiro atoms. The summed E-state index contributed by atoms with van der Waals surface area (Å²) in [5.74, 6) is 0.203. The Morgan fingerprint density at radius 1 is 0.929 bits per heavy atom. The molecule has 0 saturated carbocycles. The number of hydrogen-bond donors (Lipinski definition) is 4. The molecule has 0 atom stereocenters. The number of benzene rings is 2. The van der Waals surface area contributed by atoms with E-state index in [1.165, 1.54) is 13.3 Å². The van der Waals surface area contributed by atoms with Gasteiger partial charge in [-0.25, -0.2) is 9.97 Å². The van der Waals surface area contributed by atoms with Crippen molar-refractivity contribution in [3.05, 3.63) is 71.0 Å². The molecule has 1 aromatic heterocycles. The van der Waals surface area contributed by atoms with Crippen LogP contribution < -0.4 is 21.9 Å². The number of nitrogen functional groups attached to an aromatic ring is 1. The largest absolute Gasteiger partial charge is 0.393 e. The highest BCUT2D eigenvalue weighted by Gasteiger charge is 2.11. The quantitative estimate of drug-likeness (QED) is 0.372. The molecule has 0 aliphatic heterocycles. The third kappa shape index (κ3) is 4.54. The molecule has 9 heteroatoms. The van der Waals surface area contributed by atoms with Crippen LogP contribution in [0.5, 0.6) is 0 Å². The van der Waals surface area contributed by atoms with Crippen molar-refractivity contribution in [3.8, 4) is 0 Å². The Bertz CT molecular complexity index is 1010. The Morgan fingerprint density at radius 2 is 1.54 bits per heavy atom. The van der Waals surface area contributed by atoms with Gasteiger partial charge in [0.1, 0.15) is 12.0 Å². The number of rotatable bonds is 6. The van der Waals surface area contributed by atoms with Gasteiger partial charge in [-0.2, -0.15) is 0 Å². The number of anilines is 4. The first-order valence-electron chi connectivity index (χ1n) is 8.24. The molecule has 1 heterocycles. The summed E-state index contributed by atoms with van der Waals surface area (Å²) in [6, 6.07) is 13.3. The molecule has 3 aromatic rings. The molecule has 0 saturated heterocycles. The second kappa shape index (κ2) is 8.36. The van der Waals surface area contributed by atoms with Gasteiger partial charge in [0.05, 0.1) is 0 Å². The van der Waals surface area contributed by atoms with Crippen LogP contribution in [0.25, 0.3) is 0 Å². The number of halogens is 1. The lowest BCUT2D eigenvalue weighted by atomic mass is 10.1. The summed E-state index contributed by atoms with van der Waals surface area (Å²) in [7, 11) is 0. The molecule has 5 N–H and O–H groups in total. The van der Waals surface area contributed by atoms with Crippen LogP contribution in [-0.4, -0.2) is 21.7 Å². The van der Waals surface area contributed by atoms with Crippen LogP contribution in [-0.2, 0) is 0 Å². The highest BCUT2D eigenvalue weighted by atomic mass is 35.5. The maximum absolute atomic E-state index is 12.2. The Hall–Kier alpha value is -3.65. The summed E-state index contributed by atoms with van der Waals surface area (Å²) < 4.78 is 0.